The van der Waals surface area contributed by atoms with Crippen molar-refractivity contribution in [3.8, 4) is 0 Å². The zero-order valence-electron chi connectivity index (χ0n) is 9.24. The van der Waals surface area contributed by atoms with Gasteiger partial charge in [-0.1, -0.05) is 42.5 Å². The first-order valence-electron chi connectivity index (χ1n) is 5.26. The van der Waals surface area contributed by atoms with Crippen molar-refractivity contribution in [2.75, 3.05) is 0 Å². The van der Waals surface area contributed by atoms with Crippen LogP contribution < -0.4 is 0 Å². The second-order valence-electron chi connectivity index (χ2n) is 3.68. The van der Waals surface area contributed by atoms with Gasteiger partial charge in [-0.25, -0.2) is 0 Å². The van der Waals surface area contributed by atoms with E-state index >= 15 is 0 Å². The van der Waals surface area contributed by atoms with Crippen LogP contribution in [-0.2, 0) is 9.59 Å². The van der Waals surface area contributed by atoms with Crippen LogP contribution in [0.2, 0.25) is 0 Å². The highest BCUT2D eigenvalue weighted by molar-refractivity contribution is 5.78. The Balaban J connectivity index is 2.55. The molecule has 17 heavy (non-hydrogen) atoms. The van der Waals surface area contributed by atoms with Crippen LogP contribution in [0.3, 0.4) is 0 Å². The van der Waals surface area contributed by atoms with E-state index in [1.165, 1.54) is 0 Å². The summed E-state index contributed by atoms with van der Waals surface area (Å²) in [6.07, 6.45) is 3.35. The van der Waals surface area contributed by atoms with Crippen LogP contribution in [0.25, 0.3) is 6.08 Å². The highest BCUT2D eigenvalue weighted by atomic mass is 16.4. The molecule has 0 aliphatic rings. The topological polar surface area (TPSA) is 74.6 Å². The average molecular weight is 234 g/mol. The van der Waals surface area contributed by atoms with Gasteiger partial charge in [-0.15, -0.1) is 0 Å². The highest BCUT2D eigenvalue weighted by Gasteiger charge is 2.19. The van der Waals surface area contributed by atoms with E-state index in [4.69, 9.17) is 10.2 Å². The van der Waals surface area contributed by atoms with Gasteiger partial charge in [0.25, 0.3) is 0 Å². The van der Waals surface area contributed by atoms with Crippen molar-refractivity contribution >= 4 is 18.0 Å². The first-order chi connectivity index (χ1) is 8.09. The molecule has 90 valence electrons. The summed E-state index contributed by atoms with van der Waals surface area (Å²) in [4.78, 5) is 21.2. The SMILES string of the molecule is O=C(O)C[C@H](C/C=C\c1ccccc1)C(=O)O. The maximum atomic E-state index is 10.8. The highest BCUT2D eigenvalue weighted by Crippen LogP contribution is 2.11. The molecule has 4 nitrogen and oxygen atoms in total. The van der Waals surface area contributed by atoms with Gasteiger partial charge in [0.15, 0.2) is 0 Å². The molecule has 0 unspecified atom stereocenters. The number of benzene rings is 1. The van der Waals surface area contributed by atoms with Crippen LogP contribution in [0.5, 0.6) is 0 Å². The lowest BCUT2D eigenvalue weighted by Gasteiger charge is -2.05. The molecule has 0 radical (unpaired) electrons. The van der Waals surface area contributed by atoms with Crippen molar-refractivity contribution < 1.29 is 19.8 Å². The Kier molecular flexibility index (Phi) is 4.94. The molecule has 1 atom stereocenters. The molecular weight excluding hydrogens is 220 g/mol. The summed E-state index contributed by atoms with van der Waals surface area (Å²) in [7, 11) is 0. The van der Waals surface area contributed by atoms with Gasteiger partial charge in [-0.05, 0) is 12.0 Å². The Morgan fingerprint density at radius 2 is 1.82 bits per heavy atom. The Morgan fingerprint density at radius 3 is 2.35 bits per heavy atom. The van der Waals surface area contributed by atoms with Crippen molar-refractivity contribution in [3.05, 3.63) is 42.0 Å². The molecule has 0 spiro atoms. The number of hydrogen-bond acceptors (Lipinski definition) is 2. The van der Waals surface area contributed by atoms with Crippen LogP contribution in [0.1, 0.15) is 18.4 Å². The second-order valence-corrected chi connectivity index (χ2v) is 3.68. The van der Waals surface area contributed by atoms with E-state index in [0.29, 0.717) is 0 Å². The third-order valence-corrected chi connectivity index (χ3v) is 2.30. The van der Waals surface area contributed by atoms with E-state index < -0.39 is 17.9 Å². The van der Waals surface area contributed by atoms with Crippen molar-refractivity contribution in [2.45, 2.75) is 12.8 Å². The standard InChI is InChI=1S/C13H14O4/c14-12(15)9-11(13(16)17)8-4-7-10-5-2-1-3-6-10/h1-7,11H,8-9H2,(H,14,15)(H,16,17)/b7-4-/t11-/m0/s1. The molecule has 0 bridgehead atoms. The molecule has 1 rings (SSSR count). The third-order valence-electron chi connectivity index (χ3n) is 2.30. The van der Waals surface area contributed by atoms with E-state index in [0.717, 1.165) is 5.56 Å². The molecule has 1 aromatic rings. The van der Waals surface area contributed by atoms with Crippen LogP contribution >= 0.6 is 0 Å². The van der Waals surface area contributed by atoms with E-state index in [2.05, 4.69) is 0 Å². The number of carboxylic acids is 2. The lowest BCUT2D eigenvalue weighted by atomic mass is 10.0. The molecule has 0 aromatic heterocycles. The molecule has 4 heteroatoms. The van der Waals surface area contributed by atoms with E-state index in [9.17, 15) is 9.59 Å². The van der Waals surface area contributed by atoms with Crippen LogP contribution in [0, 0.1) is 5.92 Å². The maximum Gasteiger partial charge on any atom is 0.307 e. The monoisotopic (exact) mass is 234 g/mol. The predicted octanol–water partition coefficient (Wildman–Crippen LogP) is 2.27. The zero-order valence-corrected chi connectivity index (χ0v) is 9.24. The van der Waals surface area contributed by atoms with Crippen LogP contribution in [0.4, 0.5) is 0 Å². The van der Waals surface area contributed by atoms with Gasteiger partial charge in [-0.3, -0.25) is 9.59 Å². The minimum Gasteiger partial charge on any atom is -0.481 e. The summed E-state index contributed by atoms with van der Waals surface area (Å²) in [5, 5.41) is 17.4. The molecule has 0 saturated heterocycles. The smallest absolute Gasteiger partial charge is 0.307 e. The Morgan fingerprint density at radius 1 is 1.18 bits per heavy atom. The van der Waals surface area contributed by atoms with Crippen molar-refractivity contribution in [2.24, 2.45) is 5.92 Å². The number of carbonyl (C=O) groups is 2. The lowest BCUT2D eigenvalue weighted by Crippen LogP contribution is -2.16. The lowest BCUT2D eigenvalue weighted by molar-refractivity contribution is -0.148. The third kappa shape index (κ3) is 4.97. The zero-order chi connectivity index (χ0) is 12.7. The molecule has 2 N–H and O–H groups in total. The van der Waals surface area contributed by atoms with Crippen LogP contribution in [-0.4, -0.2) is 22.2 Å². The van der Waals surface area contributed by atoms with Gasteiger partial charge in [-0.2, -0.15) is 0 Å². The quantitative estimate of drug-likeness (QED) is 0.791. The first kappa shape index (κ1) is 13.0. The molecule has 1 aromatic carbocycles. The summed E-state index contributed by atoms with van der Waals surface area (Å²) in [5.41, 5.74) is 0.965. The maximum absolute atomic E-state index is 10.8. The summed E-state index contributed by atoms with van der Waals surface area (Å²) >= 11 is 0. The second kappa shape index (κ2) is 6.48. The average Bonchev–Trinajstić information content (AvgIpc) is 2.28. The number of rotatable bonds is 6. The van der Waals surface area contributed by atoms with Crippen LogP contribution in [0.15, 0.2) is 36.4 Å². The fourth-order valence-electron chi connectivity index (χ4n) is 1.41. The van der Waals surface area contributed by atoms with Gasteiger partial charge < -0.3 is 10.2 Å². The minimum absolute atomic E-state index is 0.219. The van der Waals surface area contributed by atoms with Gasteiger partial charge in [0, 0.05) is 0 Å². The van der Waals surface area contributed by atoms with E-state index in [-0.39, 0.29) is 12.8 Å². The number of carboxylic acid groups (broad SMARTS) is 2. The number of aliphatic carboxylic acids is 2. The summed E-state index contributed by atoms with van der Waals surface area (Å²) in [6.45, 7) is 0. The summed E-state index contributed by atoms with van der Waals surface area (Å²) < 4.78 is 0. The number of hydrogen-bond donors (Lipinski definition) is 2. The summed E-state index contributed by atoms with van der Waals surface area (Å²) in [5.74, 6) is -3.04. The van der Waals surface area contributed by atoms with Gasteiger partial charge in [0.1, 0.15) is 0 Å². The van der Waals surface area contributed by atoms with E-state index in [1.807, 2.05) is 30.3 Å². The Labute approximate surface area is 99.2 Å². The molecule has 0 heterocycles. The first-order valence-corrected chi connectivity index (χ1v) is 5.26. The normalized spacial score (nSPS) is 12.5. The number of allylic oxidation sites excluding steroid dienone is 1. The molecule has 0 aliphatic heterocycles. The van der Waals surface area contributed by atoms with Gasteiger partial charge in [0.05, 0.1) is 12.3 Å². The largest absolute Gasteiger partial charge is 0.481 e. The minimum atomic E-state index is -1.09. The Bertz CT molecular complexity index is 409. The molecular formula is C13H14O4. The molecule has 0 saturated carbocycles. The Hall–Kier alpha value is -2.10. The molecule has 0 amide bonds. The molecule has 0 fully saturated rings. The van der Waals surface area contributed by atoms with Gasteiger partial charge in [0.2, 0.25) is 0 Å². The fourth-order valence-corrected chi connectivity index (χ4v) is 1.41. The predicted molar refractivity (Wildman–Crippen MR) is 63.5 cm³/mol. The van der Waals surface area contributed by atoms with Crippen molar-refractivity contribution in [1.29, 1.82) is 0 Å². The van der Waals surface area contributed by atoms with Gasteiger partial charge >= 0.3 is 11.9 Å². The summed E-state index contributed by atoms with van der Waals surface area (Å²) in [6, 6.07) is 9.44. The van der Waals surface area contributed by atoms with Crippen molar-refractivity contribution in [3.63, 3.8) is 0 Å². The van der Waals surface area contributed by atoms with Crippen molar-refractivity contribution in [1.82, 2.24) is 0 Å². The fraction of sp³-hybridized carbons (Fsp3) is 0.231. The molecule has 0 aliphatic carbocycles. The van der Waals surface area contributed by atoms with E-state index in [1.54, 1.807) is 12.2 Å².